The van der Waals surface area contributed by atoms with E-state index in [4.69, 9.17) is 16.7 Å². The molecule has 0 bridgehead atoms. The van der Waals surface area contributed by atoms with Gasteiger partial charge in [-0.3, -0.25) is 14.5 Å². The summed E-state index contributed by atoms with van der Waals surface area (Å²) in [4.78, 5) is 27.8. The Morgan fingerprint density at radius 3 is 2.67 bits per heavy atom. The fraction of sp³-hybridized carbons (Fsp3) is 0.423. The zero-order valence-corrected chi connectivity index (χ0v) is 19.9. The summed E-state index contributed by atoms with van der Waals surface area (Å²) in [5.41, 5.74) is 1.88. The summed E-state index contributed by atoms with van der Waals surface area (Å²) in [5, 5.41) is 10.1. The van der Waals surface area contributed by atoms with Gasteiger partial charge >= 0.3 is 0 Å². The zero-order valence-electron chi connectivity index (χ0n) is 19.1. The van der Waals surface area contributed by atoms with E-state index >= 15 is 0 Å². The van der Waals surface area contributed by atoms with Crippen LogP contribution in [0.1, 0.15) is 43.9 Å². The highest BCUT2D eigenvalue weighted by atomic mass is 35.5. The maximum atomic E-state index is 13.3. The van der Waals surface area contributed by atoms with Gasteiger partial charge in [-0.1, -0.05) is 55.3 Å². The third-order valence-electron chi connectivity index (χ3n) is 6.31. The molecule has 1 amide bonds. The van der Waals surface area contributed by atoms with Gasteiger partial charge in [0.2, 0.25) is 5.91 Å². The van der Waals surface area contributed by atoms with Crippen LogP contribution < -0.4 is 10.9 Å². The normalized spacial score (nSPS) is 16.4. The van der Waals surface area contributed by atoms with Gasteiger partial charge in [0.15, 0.2) is 0 Å². The van der Waals surface area contributed by atoms with Gasteiger partial charge in [-0.05, 0) is 49.6 Å². The number of unbranched alkanes of at least 4 members (excludes halogenated alkanes) is 1. The summed E-state index contributed by atoms with van der Waals surface area (Å²) in [6.45, 7) is 4.55. The highest BCUT2D eigenvalue weighted by Crippen LogP contribution is 2.21. The van der Waals surface area contributed by atoms with E-state index in [9.17, 15) is 9.59 Å². The van der Waals surface area contributed by atoms with E-state index in [0.717, 1.165) is 48.9 Å². The summed E-state index contributed by atoms with van der Waals surface area (Å²) < 4.78 is 1.60. The minimum absolute atomic E-state index is 0.0533. The highest BCUT2D eigenvalue weighted by Gasteiger charge is 2.27. The van der Waals surface area contributed by atoms with E-state index in [-0.39, 0.29) is 17.5 Å². The quantitative estimate of drug-likeness (QED) is 0.483. The van der Waals surface area contributed by atoms with Gasteiger partial charge in [0.25, 0.3) is 5.56 Å². The molecule has 2 heterocycles. The molecule has 0 spiro atoms. The summed E-state index contributed by atoms with van der Waals surface area (Å²) in [5.74, 6) is 0.0533. The second-order valence-corrected chi connectivity index (χ2v) is 9.19. The number of benzene rings is 2. The number of fused-ring (bicyclic) bond motifs is 1. The van der Waals surface area contributed by atoms with Crippen LogP contribution >= 0.6 is 11.6 Å². The molecule has 1 N–H and O–H groups in total. The van der Waals surface area contributed by atoms with E-state index < -0.39 is 0 Å². The second-order valence-electron chi connectivity index (χ2n) is 8.75. The van der Waals surface area contributed by atoms with Gasteiger partial charge in [0, 0.05) is 29.4 Å². The molecule has 2 aromatic carbocycles. The number of nitrogens with zero attached hydrogens (tertiary/aromatic N) is 3. The number of halogens is 1. The molecule has 7 heteroatoms. The van der Waals surface area contributed by atoms with Crippen molar-refractivity contribution in [1.82, 2.24) is 20.0 Å². The molecule has 0 saturated carbocycles. The molecular formula is C26H31ClN4O2. The van der Waals surface area contributed by atoms with Crippen LogP contribution in [-0.2, 0) is 17.8 Å². The van der Waals surface area contributed by atoms with Crippen LogP contribution in [0.4, 0.5) is 0 Å². The van der Waals surface area contributed by atoms with Gasteiger partial charge < -0.3 is 5.32 Å². The fourth-order valence-electron chi connectivity index (χ4n) is 4.51. The predicted octanol–water partition coefficient (Wildman–Crippen LogP) is 4.02. The molecule has 4 rings (SSSR count). The molecule has 0 aliphatic carbocycles. The first-order valence-corrected chi connectivity index (χ1v) is 12.2. The van der Waals surface area contributed by atoms with E-state index in [1.54, 1.807) is 4.68 Å². The van der Waals surface area contributed by atoms with Gasteiger partial charge in [-0.25, -0.2) is 4.68 Å². The van der Waals surface area contributed by atoms with Gasteiger partial charge in [0.1, 0.15) is 0 Å². The average Bonchev–Trinajstić information content (AvgIpc) is 3.25. The molecule has 1 aromatic heterocycles. The van der Waals surface area contributed by atoms with Crippen LogP contribution in [0.2, 0.25) is 5.02 Å². The third-order valence-corrected chi connectivity index (χ3v) is 6.56. The van der Waals surface area contributed by atoms with Crippen LogP contribution in [0.3, 0.4) is 0 Å². The molecule has 1 unspecified atom stereocenters. The number of carbonyl (C=O) groups excluding carboxylic acids is 1. The minimum Gasteiger partial charge on any atom is -0.355 e. The average molecular weight is 467 g/mol. The Morgan fingerprint density at radius 2 is 1.91 bits per heavy atom. The number of amides is 1. The van der Waals surface area contributed by atoms with Gasteiger partial charge in [-0.2, -0.15) is 5.10 Å². The number of hydrogen-bond donors (Lipinski definition) is 1. The van der Waals surface area contributed by atoms with Crippen molar-refractivity contribution in [2.75, 3.05) is 19.6 Å². The van der Waals surface area contributed by atoms with Crippen LogP contribution in [-0.4, -0.2) is 46.3 Å². The number of carbonyl (C=O) groups is 1. The highest BCUT2D eigenvalue weighted by molar-refractivity contribution is 6.30. The number of hydrogen-bond acceptors (Lipinski definition) is 4. The lowest BCUT2D eigenvalue weighted by Crippen LogP contribution is -2.43. The Bertz CT molecular complexity index is 1160. The van der Waals surface area contributed by atoms with Crippen molar-refractivity contribution >= 4 is 28.3 Å². The largest absolute Gasteiger partial charge is 0.355 e. The Labute approximate surface area is 199 Å². The molecule has 6 nitrogen and oxygen atoms in total. The number of nitrogens with one attached hydrogen (secondary N) is 1. The number of rotatable bonds is 9. The molecule has 33 heavy (non-hydrogen) atoms. The van der Waals surface area contributed by atoms with Crippen molar-refractivity contribution in [1.29, 1.82) is 0 Å². The van der Waals surface area contributed by atoms with E-state index in [0.29, 0.717) is 36.5 Å². The Balaban J connectivity index is 1.57. The molecule has 174 valence electrons. The van der Waals surface area contributed by atoms with E-state index in [2.05, 4.69) is 17.1 Å². The first-order chi connectivity index (χ1) is 16.0. The Hall–Kier alpha value is -2.70. The lowest BCUT2D eigenvalue weighted by atomic mass is 10.0. The Kier molecular flexibility index (Phi) is 7.78. The molecule has 3 aromatic rings. The molecule has 1 atom stereocenters. The van der Waals surface area contributed by atoms with Crippen molar-refractivity contribution < 1.29 is 4.79 Å². The molecule has 1 saturated heterocycles. The smallest absolute Gasteiger partial charge is 0.274 e. The van der Waals surface area contributed by atoms with Crippen LogP contribution in [0.25, 0.3) is 10.8 Å². The van der Waals surface area contributed by atoms with E-state index in [1.807, 2.05) is 48.5 Å². The topological polar surface area (TPSA) is 67.2 Å². The van der Waals surface area contributed by atoms with Crippen molar-refractivity contribution in [3.8, 4) is 0 Å². The molecule has 0 radical (unpaired) electrons. The molecule has 1 aliphatic rings. The first kappa shape index (κ1) is 23.5. The molecule has 1 fully saturated rings. The summed E-state index contributed by atoms with van der Waals surface area (Å²) in [6, 6.07) is 15.5. The lowest BCUT2D eigenvalue weighted by molar-refractivity contribution is -0.122. The van der Waals surface area contributed by atoms with Crippen molar-refractivity contribution in [2.45, 2.75) is 51.6 Å². The maximum Gasteiger partial charge on any atom is 0.274 e. The summed E-state index contributed by atoms with van der Waals surface area (Å²) >= 11 is 6.04. The van der Waals surface area contributed by atoms with Gasteiger partial charge in [-0.15, -0.1) is 0 Å². The van der Waals surface area contributed by atoms with Crippen molar-refractivity contribution in [3.63, 3.8) is 0 Å². The molecular weight excluding hydrogens is 436 g/mol. The zero-order chi connectivity index (χ0) is 23.2. The minimum atomic E-state index is -0.0790. The monoisotopic (exact) mass is 466 g/mol. The summed E-state index contributed by atoms with van der Waals surface area (Å²) in [7, 11) is 0. The lowest BCUT2D eigenvalue weighted by Gasteiger charge is -2.24. The standard InChI is InChI=1S/C26H31ClN4O2/c1-2-3-14-28-25(32)18-30-15-6-7-21(30)17-31-26(33)23-9-5-4-8-22(23)24(29-31)16-19-10-12-20(27)13-11-19/h4-5,8-13,21H,2-3,6-7,14-18H2,1H3,(H,28,32). The Morgan fingerprint density at radius 1 is 1.15 bits per heavy atom. The van der Waals surface area contributed by atoms with Crippen LogP contribution in [0.15, 0.2) is 53.3 Å². The van der Waals surface area contributed by atoms with Crippen LogP contribution in [0, 0.1) is 0 Å². The number of likely N-dealkylation sites (tertiary alicyclic amines) is 1. The van der Waals surface area contributed by atoms with Crippen LogP contribution in [0.5, 0.6) is 0 Å². The number of aromatic nitrogens is 2. The first-order valence-electron chi connectivity index (χ1n) is 11.8. The molecule has 1 aliphatic heterocycles. The van der Waals surface area contributed by atoms with E-state index in [1.165, 1.54) is 0 Å². The van der Waals surface area contributed by atoms with Gasteiger partial charge in [0.05, 0.1) is 24.2 Å². The second kappa shape index (κ2) is 10.9. The third kappa shape index (κ3) is 5.81. The predicted molar refractivity (Wildman–Crippen MR) is 133 cm³/mol. The fourth-order valence-corrected chi connectivity index (χ4v) is 4.64. The maximum absolute atomic E-state index is 13.3. The summed E-state index contributed by atoms with van der Waals surface area (Å²) in [6.07, 6.45) is 4.64. The SMILES string of the molecule is CCCCNC(=O)CN1CCCC1Cn1nc(Cc2ccc(Cl)cc2)c2ccccc2c1=O. The van der Waals surface area contributed by atoms with Crippen molar-refractivity contribution in [3.05, 3.63) is 75.2 Å². The van der Waals surface area contributed by atoms with Crippen molar-refractivity contribution in [2.24, 2.45) is 0 Å².